The van der Waals surface area contributed by atoms with Crippen LogP contribution in [0.15, 0.2) is 73.2 Å². The Bertz CT molecular complexity index is 1400. The Morgan fingerprint density at radius 3 is 2.59 bits per heavy atom. The van der Waals surface area contributed by atoms with E-state index < -0.39 is 0 Å². The van der Waals surface area contributed by atoms with Gasteiger partial charge in [0.1, 0.15) is 0 Å². The van der Waals surface area contributed by atoms with E-state index in [1.807, 2.05) is 49.4 Å². The van der Waals surface area contributed by atoms with E-state index in [0.717, 1.165) is 33.4 Å². The Kier molecular flexibility index (Phi) is 5.14. The fourth-order valence-electron chi connectivity index (χ4n) is 3.62. The molecule has 0 saturated carbocycles. The van der Waals surface area contributed by atoms with Gasteiger partial charge in [-0.1, -0.05) is 12.1 Å². The number of aliphatic hydroxyl groups excluding tert-OH is 1. The van der Waals surface area contributed by atoms with Crippen molar-refractivity contribution in [2.75, 3.05) is 0 Å². The maximum Gasteiger partial charge on any atom is 0.159 e. The van der Waals surface area contributed by atoms with Gasteiger partial charge in [-0.2, -0.15) is 5.10 Å². The van der Waals surface area contributed by atoms with E-state index in [-0.39, 0.29) is 12.6 Å². The standard InChI is InChI=1S/C24H21N7O/c1-15(25)20-6-3-7-21(30-20)16-11-18(24-26-9-4-10-27-24)19-13-28-31(22(19)12-16)23-8-2-5-17(14-32)29-23/h2-13,15,32H,14,25H2,1H3/t15-/m0/s1. The molecule has 0 amide bonds. The summed E-state index contributed by atoms with van der Waals surface area (Å²) >= 11 is 0. The molecule has 3 N–H and O–H groups in total. The van der Waals surface area contributed by atoms with Gasteiger partial charge in [-0.15, -0.1) is 0 Å². The minimum atomic E-state index is -0.174. The topological polar surface area (TPSA) is 116 Å². The monoisotopic (exact) mass is 423 g/mol. The van der Waals surface area contributed by atoms with Crippen LogP contribution in [-0.4, -0.2) is 34.8 Å². The van der Waals surface area contributed by atoms with Crippen molar-refractivity contribution in [3.05, 3.63) is 84.6 Å². The number of fused-ring (bicyclic) bond motifs is 1. The molecule has 0 bridgehead atoms. The van der Waals surface area contributed by atoms with Gasteiger partial charge in [0.2, 0.25) is 0 Å². The third-order valence-electron chi connectivity index (χ3n) is 5.20. The Labute approximate surface area is 184 Å². The Hall–Kier alpha value is -4.01. The van der Waals surface area contributed by atoms with Crippen LogP contribution >= 0.6 is 0 Å². The molecule has 5 aromatic rings. The van der Waals surface area contributed by atoms with Crippen molar-refractivity contribution in [1.82, 2.24) is 29.7 Å². The van der Waals surface area contributed by atoms with Crippen LogP contribution in [-0.2, 0) is 6.61 Å². The summed E-state index contributed by atoms with van der Waals surface area (Å²) in [5, 5.41) is 15.0. The molecular formula is C24H21N7O. The first kappa shape index (κ1) is 19.9. The first-order chi connectivity index (χ1) is 15.6. The highest BCUT2D eigenvalue weighted by Crippen LogP contribution is 2.33. The van der Waals surface area contributed by atoms with Crippen LogP contribution < -0.4 is 5.73 Å². The molecule has 4 heterocycles. The molecule has 1 atom stereocenters. The zero-order valence-corrected chi connectivity index (χ0v) is 17.4. The van der Waals surface area contributed by atoms with Crippen molar-refractivity contribution < 1.29 is 5.11 Å². The second-order valence-electron chi connectivity index (χ2n) is 7.47. The predicted molar refractivity (Wildman–Crippen MR) is 122 cm³/mol. The van der Waals surface area contributed by atoms with E-state index in [1.165, 1.54) is 0 Å². The molecular weight excluding hydrogens is 402 g/mol. The molecule has 0 unspecified atom stereocenters. The fourth-order valence-corrected chi connectivity index (χ4v) is 3.62. The second kappa shape index (κ2) is 8.26. The van der Waals surface area contributed by atoms with Crippen molar-refractivity contribution in [2.45, 2.75) is 19.6 Å². The summed E-state index contributed by atoms with van der Waals surface area (Å²) in [5.74, 6) is 1.21. The molecule has 32 heavy (non-hydrogen) atoms. The van der Waals surface area contributed by atoms with Crippen LogP contribution in [0, 0.1) is 0 Å². The summed E-state index contributed by atoms with van der Waals surface area (Å²) in [6.45, 7) is 1.77. The van der Waals surface area contributed by atoms with Gasteiger partial charge < -0.3 is 10.8 Å². The zero-order valence-electron chi connectivity index (χ0n) is 17.4. The van der Waals surface area contributed by atoms with Gasteiger partial charge in [0.15, 0.2) is 11.6 Å². The quantitative estimate of drug-likeness (QED) is 0.445. The lowest BCUT2D eigenvalue weighted by atomic mass is 10.0. The number of pyridine rings is 2. The molecule has 1 aromatic carbocycles. The summed E-state index contributed by atoms with van der Waals surface area (Å²) in [7, 11) is 0. The number of aromatic nitrogens is 6. The molecule has 0 radical (unpaired) electrons. The predicted octanol–water partition coefficient (Wildman–Crippen LogP) is 3.45. The first-order valence-electron chi connectivity index (χ1n) is 10.2. The van der Waals surface area contributed by atoms with Crippen LogP contribution in [0.3, 0.4) is 0 Å². The van der Waals surface area contributed by atoms with Crippen molar-refractivity contribution in [1.29, 1.82) is 0 Å². The number of benzene rings is 1. The van der Waals surface area contributed by atoms with Crippen molar-refractivity contribution in [3.63, 3.8) is 0 Å². The average Bonchev–Trinajstić information content (AvgIpc) is 3.28. The van der Waals surface area contributed by atoms with Gasteiger partial charge in [-0.25, -0.2) is 19.6 Å². The highest BCUT2D eigenvalue weighted by molar-refractivity contribution is 5.97. The number of nitrogens with zero attached hydrogens (tertiary/aromatic N) is 6. The fraction of sp³-hybridized carbons (Fsp3) is 0.125. The lowest BCUT2D eigenvalue weighted by Gasteiger charge is -2.11. The number of nitrogens with two attached hydrogens (primary N) is 1. The molecule has 8 heteroatoms. The van der Waals surface area contributed by atoms with Crippen molar-refractivity contribution >= 4 is 10.9 Å². The first-order valence-corrected chi connectivity index (χ1v) is 10.2. The van der Waals surface area contributed by atoms with E-state index in [1.54, 1.807) is 35.4 Å². The van der Waals surface area contributed by atoms with Gasteiger partial charge in [0, 0.05) is 34.9 Å². The normalized spacial score (nSPS) is 12.2. The summed E-state index contributed by atoms with van der Waals surface area (Å²) < 4.78 is 1.75. The summed E-state index contributed by atoms with van der Waals surface area (Å²) in [4.78, 5) is 18.2. The lowest BCUT2D eigenvalue weighted by molar-refractivity contribution is 0.276. The van der Waals surface area contributed by atoms with Crippen LogP contribution in [0.2, 0.25) is 0 Å². The van der Waals surface area contributed by atoms with E-state index in [0.29, 0.717) is 17.3 Å². The Balaban J connectivity index is 1.77. The van der Waals surface area contributed by atoms with Crippen molar-refractivity contribution in [3.8, 4) is 28.5 Å². The van der Waals surface area contributed by atoms with Gasteiger partial charge >= 0.3 is 0 Å². The van der Waals surface area contributed by atoms with Crippen LogP contribution in [0.5, 0.6) is 0 Å². The van der Waals surface area contributed by atoms with Gasteiger partial charge in [0.05, 0.1) is 35.4 Å². The third kappa shape index (κ3) is 3.62. The molecule has 0 fully saturated rings. The Morgan fingerprint density at radius 2 is 1.81 bits per heavy atom. The van der Waals surface area contributed by atoms with Crippen molar-refractivity contribution in [2.24, 2.45) is 5.73 Å². The maximum atomic E-state index is 9.50. The molecule has 0 saturated heterocycles. The minimum absolute atomic E-state index is 0.143. The molecule has 8 nitrogen and oxygen atoms in total. The lowest BCUT2D eigenvalue weighted by Crippen LogP contribution is -2.07. The molecule has 0 spiro atoms. The number of hydrogen-bond donors (Lipinski definition) is 2. The summed E-state index contributed by atoms with van der Waals surface area (Å²) in [5.41, 5.74) is 10.8. The van der Waals surface area contributed by atoms with Gasteiger partial charge in [-0.05, 0) is 49.4 Å². The molecule has 0 aliphatic heterocycles. The number of rotatable bonds is 5. The average molecular weight is 423 g/mol. The SMILES string of the molecule is C[C@H](N)c1cccc(-c2cc(-c3ncccn3)c3cnn(-c4cccc(CO)n4)c3c2)n1. The summed E-state index contributed by atoms with van der Waals surface area (Å²) in [6, 6.07) is 16.9. The van der Waals surface area contributed by atoms with Crippen LogP contribution in [0.25, 0.3) is 39.4 Å². The largest absolute Gasteiger partial charge is 0.390 e. The van der Waals surface area contributed by atoms with E-state index in [4.69, 9.17) is 10.7 Å². The number of aliphatic hydroxyl groups is 1. The molecule has 4 aromatic heterocycles. The van der Waals surface area contributed by atoms with E-state index in [2.05, 4.69) is 20.1 Å². The van der Waals surface area contributed by atoms with E-state index >= 15 is 0 Å². The zero-order chi connectivity index (χ0) is 22.1. The Morgan fingerprint density at radius 1 is 1.00 bits per heavy atom. The molecule has 158 valence electrons. The van der Waals surface area contributed by atoms with Crippen LogP contribution in [0.4, 0.5) is 0 Å². The highest BCUT2D eigenvalue weighted by atomic mass is 16.3. The maximum absolute atomic E-state index is 9.50. The smallest absolute Gasteiger partial charge is 0.159 e. The minimum Gasteiger partial charge on any atom is -0.390 e. The molecule has 5 rings (SSSR count). The van der Waals surface area contributed by atoms with Gasteiger partial charge in [-0.3, -0.25) is 4.98 Å². The van der Waals surface area contributed by atoms with Crippen LogP contribution in [0.1, 0.15) is 24.4 Å². The van der Waals surface area contributed by atoms with Gasteiger partial charge in [0.25, 0.3) is 0 Å². The molecule has 0 aliphatic rings. The molecule has 0 aliphatic carbocycles. The van der Waals surface area contributed by atoms with E-state index in [9.17, 15) is 5.11 Å². The summed E-state index contributed by atoms with van der Waals surface area (Å²) in [6.07, 6.45) is 5.21. The third-order valence-corrected chi connectivity index (χ3v) is 5.20. The number of hydrogen-bond acceptors (Lipinski definition) is 7. The highest BCUT2D eigenvalue weighted by Gasteiger charge is 2.16. The second-order valence-corrected chi connectivity index (χ2v) is 7.47.